The van der Waals surface area contributed by atoms with Crippen molar-refractivity contribution in [2.24, 2.45) is 11.8 Å². The molecule has 1 aliphatic heterocycles. The van der Waals surface area contributed by atoms with Crippen molar-refractivity contribution >= 4 is 17.8 Å². The second-order valence-electron chi connectivity index (χ2n) is 5.21. The molecule has 100 valence electrons. The first-order valence-electron chi connectivity index (χ1n) is 6.18. The second-order valence-corrected chi connectivity index (χ2v) is 5.21. The average molecular weight is 254 g/mol. The van der Waals surface area contributed by atoms with E-state index in [0.717, 1.165) is 6.42 Å². The molecule has 0 aromatic heterocycles. The molecule has 0 bridgehead atoms. The molecule has 2 rings (SSSR count). The number of likely N-dealkylation sites (N-methyl/N-ethyl adjacent to an activating group) is 1. The van der Waals surface area contributed by atoms with Crippen LogP contribution in [0.1, 0.15) is 19.3 Å². The summed E-state index contributed by atoms with van der Waals surface area (Å²) >= 11 is 0. The summed E-state index contributed by atoms with van der Waals surface area (Å²) in [5, 5.41) is 8.83. The lowest BCUT2D eigenvalue weighted by Crippen LogP contribution is -2.46. The Morgan fingerprint density at radius 2 is 1.89 bits per heavy atom. The lowest BCUT2D eigenvalue weighted by atomic mass is 10.2. The van der Waals surface area contributed by atoms with Gasteiger partial charge in [0.15, 0.2) is 0 Å². The third-order valence-corrected chi connectivity index (χ3v) is 3.69. The molecular weight excluding hydrogens is 236 g/mol. The molecule has 1 saturated carbocycles. The Balaban J connectivity index is 2.02. The zero-order valence-electron chi connectivity index (χ0n) is 10.6. The highest BCUT2D eigenvalue weighted by molar-refractivity contribution is 5.93. The second kappa shape index (κ2) is 4.59. The normalized spacial score (nSPS) is 30.1. The van der Waals surface area contributed by atoms with Crippen molar-refractivity contribution in [3.63, 3.8) is 0 Å². The van der Waals surface area contributed by atoms with E-state index in [-0.39, 0.29) is 11.8 Å². The van der Waals surface area contributed by atoms with E-state index in [1.165, 1.54) is 4.90 Å². The quantitative estimate of drug-likeness (QED) is 0.755. The molecule has 1 heterocycles. The van der Waals surface area contributed by atoms with Gasteiger partial charge < -0.3 is 14.9 Å². The van der Waals surface area contributed by atoms with Crippen molar-refractivity contribution in [2.75, 3.05) is 20.6 Å². The molecule has 3 unspecified atom stereocenters. The van der Waals surface area contributed by atoms with Crippen LogP contribution in [-0.4, -0.2) is 59.4 Å². The third kappa shape index (κ3) is 2.19. The Morgan fingerprint density at radius 3 is 2.39 bits per heavy atom. The lowest BCUT2D eigenvalue weighted by molar-refractivity contribution is -0.145. The maximum absolute atomic E-state index is 12.2. The molecule has 0 aromatic rings. The van der Waals surface area contributed by atoms with E-state index in [9.17, 15) is 14.4 Å². The third-order valence-electron chi connectivity index (χ3n) is 3.69. The SMILES string of the molecule is CN(C)C(=O)C1CCCN1C(=O)C1CC1C(=O)O. The number of amides is 2. The van der Waals surface area contributed by atoms with Crippen molar-refractivity contribution in [1.29, 1.82) is 0 Å². The predicted octanol–water partition coefficient (Wildman–Crippen LogP) is -0.214. The first-order chi connectivity index (χ1) is 8.43. The zero-order chi connectivity index (χ0) is 13.4. The van der Waals surface area contributed by atoms with Gasteiger partial charge >= 0.3 is 5.97 Å². The molecule has 0 aromatic carbocycles. The van der Waals surface area contributed by atoms with E-state index in [2.05, 4.69) is 0 Å². The number of hydrogen-bond donors (Lipinski definition) is 1. The van der Waals surface area contributed by atoms with Gasteiger partial charge in [-0.25, -0.2) is 0 Å². The summed E-state index contributed by atoms with van der Waals surface area (Å²) < 4.78 is 0. The van der Waals surface area contributed by atoms with Crippen molar-refractivity contribution in [2.45, 2.75) is 25.3 Å². The number of rotatable bonds is 3. The van der Waals surface area contributed by atoms with Crippen LogP contribution in [0, 0.1) is 11.8 Å². The number of carboxylic acids is 1. The standard InChI is InChI=1S/C12H18N2O4/c1-13(2)11(16)9-4-3-5-14(9)10(15)7-6-8(7)12(17)18/h7-9H,3-6H2,1-2H3,(H,17,18). The molecule has 3 atom stereocenters. The minimum absolute atomic E-state index is 0.0756. The van der Waals surface area contributed by atoms with Crippen LogP contribution in [0.5, 0.6) is 0 Å². The van der Waals surface area contributed by atoms with E-state index in [1.807, 2.05) is 0 Å². The molecule has 2 fully saturated rings. The Morgan fingerprint density at radius 1 is 1.22 bits per heavy atom. The van der Waals surface area contributed by atoms with Gasteiger partial charge in [0.1, 0.15) is 6.04 Å². The smallest absolute Gasteiger partial charge is 0.307 e. The summed E-state index contributed by atoms with van der Waals surface area (Å²) in [6, 6.07) is -0.400. The van der Waals surface area contributed by atoms with Gasteiger partial charge in [-0.2, -0.15) is 0 Å². The van der Waals surface area contributed by atoms with E-state index in [1.54, 1.807) is 19.0 Å². The summed E-state index contributed by atoms with van der Waals surface area (Å²) in [5.41, 5.74) is 0. The van der Waals surface area contributed by atoms with Gasteiger partial charge in [0, 0.05) is 20.6 Å². The van der Waals surface area contributed by atoms with Crippen LogP contribution in [-0.2, 0) is 14.4 Å². The van der Waals surface area contributed by atoms with Crippen molar-refractivity contribution in [3.8, 4) is 0 Å². The minimum atomic E-state index is -0.914. The summed E-state index contributed by atoms with van der Waals surface area (Å²) in [6.45, 7) is 0.561. The fourth-order valence-corrected chi connectivity index (χ4v) is 2.54. The number of aliphatic carboxylic acids is 1. The lowest BCUT2D eigenvalue weighted by Gasteiger charge is -2.26. The minimum Gasteiger partial charge on any atom is -0.481 e. The summed E-state index contributed by atoms with van der Waals surface area (Å²) in [7, 11) is 3.33. The number of nitrogens with zero attached hydrogens (tertiary/aromatic N) is 2. The van der Waals surface area contributed by atoms with Crippen LogP contribution in [0.2, 0.25) is 0 Å². The van der Waals surface area contributed by atoms with Crippen LogP contribution in [0.3, 0.4) is 0 Å². The van der Waals surface area contributed by atoms with Gasteiger partial charge in [0.2, 0.25) is 11.8 Å². The van der Waals surface area contributed by atoms with Crippen LogP contribution >= 0.6 is 0 Å². The van der Waals surface area contributed by atoms with Gasteiger partial charge in [-0.05, 0) is 19.3 Å². The van der Waals surface area contributed by atoms with Gasteiger partial charge in [-0.3, -0.25) is 14.4 Å². The fourth-order valence-electron chi connectivity index (χ4n) is 2.54. The molecule has 2 amide bonds. The summed E-state index contributed by atoms with van der Waals surface area (Å²) in [6.07, 6.45) is 1.89. The largest absolute Gasteiger partial charge is 0.481 e. The van der Waals surface area contributed by atoms with Crippen molar-refractivity contribution in [3.05, 3.63) is 0 Å². The number of carbonyl (C=O) groups excluding carboxylic acids is 2. The molecule has 1 aliphatic carbocycles. The monoisotopic (exact) mass is 254 g/mol. The molecule has 1 saturated heterocycles. The molecular formula is C12H18N2O4. The highest BCUT2D eigenvalue weighted by atomic mass is 16.4. The number of hydrogen-bond acceptors (Lipinski definition) is 3. The van der Waals surface area contributed by atoms with E-state index >= 15 is 0 Å². The van der Waals surface area contributed by atoms with Gasteiger partial charge in [0.25, 0.3) is 0 Å². The van der Waals surface area contributed by atoms with Crippen molar-refractivity contribution < 1.29 is 19.5 Å². The van der Waals surface area contributed by atoms with Gasteiger partial charge in [-0.1, -0.05) is 0 Å². The van der Waals surface area contributed by atoms with Crippen LogP contribution in [0.15, 0.2) is 0 Å². The Kier molecular flexibility index (Phi) is 3.28. The van der Waals surface area contributed by atoms with Gasteiger partial charge in [-0.15, -0.1) is 0 Å². The van der Waals surface area contributed by atoms with Crippen molar-refractivity contribution in [1.82, 2.24) is 9.80 Å². The maximum Gasteiger partial charge on any atom is 0.307 e. The Labute approximate surface area is 106 Å². The molecule has 18 heavy (non-hydrogen) atoms. The molecule has 1 N–H and O–H groups in total. The van der Waals surface area contributed by atoms with E-state index in [0.29, 0.717) is 19.4 Å². The molecule has 0 spiro atoms. The van der Waals surface area contributed by atoms with Crippen LogP contribution < -0.4 is 0 Å². The molecule has 6 heteroatoms. The maximum atomic E-state index is 12.2. The number of carboxylic acid groups (broad SMARTS) is 1. The first-order valence-corrected chi connectivity index (χ1v) is 6.18. The summed E-state index contributed by atoms with van der Waals surface area (Å²) in [4.78, 5) is 37.9. The Hall–Kier alpha value is -1.59. The predicted molar refractivity (Wildman–Crippen MR) is 62.7 cm³/mol. The van der Waals surface area contributed by atoms with Crippen LogP contribution in [0.25, 0.3) is 0 Å². The number of likely N-dealkylation sites (tertiary alicyclic amines) is 1. The Bertz CT molecular complexity index is 394. The topological polar surface area (TPSA) is 77.9 Å². The molecule has 2 aliphatic rings. The summed E-state index contributed by atoms with van der Waals surface area (Å²) in [5.74, 6) is -2.12. The highest BCUT2D eigenvalue weighted by Gasteiger charge is 2.51. The molecule has 6 nitrogen and oxygen atoms in total. The van der Waals surface area contributed by atoms with Crippen LogP contribution in [0.4, 0.5) is 0 Å². The van der Waals surface area contributed by atoms with Gasteiger partial charge in [0.05, 0.1) is 11.8 Å². The average Bonchev–Trinajstić information content (AvgIpc) is 2.97. The number of carbonyl (C=O) groups is 3. The highest BCUT2D eigenvalue weighted by Crippen LogP contribution is 2.41. The fraction of sp³-hybridized carbons (Fsp3) is 0.750. The van der Waals surface area contributed by atoms with E-state index < -0.39 is 23.8 Å². The van der Waals surface area contributed by atoms with E-state index in [4.69, 9.17) is 5.11 Å². The zero-order valence-corrected chi connectivity index (χ0v) is 10.6. The first kappa shape index (κ1) is 12.9. The molecule has 0 radical (unpaired) electrons.